The number of rotatable bonds is 4. The van der Waals surface area contributed by atoms with E-state index in [1.165, 1.54) is 5.56 Å². The third-order valence-corrected chi connectivity index (χ3v) is 4.60. The maximum atomic E-state index is 12.5. The maximum absolute atomic E-state index is 12.5. The number of benzene rings is 2. The fourth-order valence-corrected chi connectivity index (χ4v) is 3.23. The number of thiocarbonyl (C=S) groups is 1. The van der Waals surface area contributed by atoms with Gasteiger partial charge in [-0.1, -0.05) is 32.0 Å². The highest BCUT2D eigenvalue weighted by Crippen LogP contribution is 2.26. The first-order valence-corrected chi connectivity index (χ1v) is 9.39. The molecular weight excluding hydrogens is 344 g/mol. The Morgan fingerprint density at radius 2 is 1.92 bits per heavy atom. The quantitative estimate of drug-likeness (QED) is 0.822. The molecule has 0 atom stereocenters. The number of nitrogens with one attached hydrogen (secondary N) is 1. The number of hydrogen-bond acceptors (Lipinski definition) is 3. The lowest BCUT2D eigenvalue weighted by atomic mass is 10.0. The Bertz CT molecular complexity index is 787. The predicted molar refractivity (Wildman–Crippen MR) is 109 cm³/mol. The monoisotopic (exact) mass is 368 g/mol. The van der Waals surface area contributed by atoms with Crippen molar-refractivity contribution in [2.24, 2.45) is 5.92 Å². The van der Waals surface area contributed by atoms with Crippen molar-refractivity contribution in [1.29, 1.82) is 0 Å². The second-order valence-electron chi connectivity index (χ2n) is 6.87. The third-order valence-electron chi connectivity index (χ3n) is 4.28. The van der Waals surface area contributed by atoms with Gasteiger partial charge in [0.25, 0.3) is 5.91 Å². The molecule has 26 heavy (non-hydrogen) atoms. The number of carbonyl (C=O) groups excluding carboxylic acids is 1. The molecule has 1 amide bonds. The average molecular weight is 369 g/mol. The fourth-order valence-electron chi connectivity index (χ4n) is 2.95. The number of nitrogens with zero attached hydrogens (tertiary/aromatic N) is 1. The van der Waals surface area contributed by atoms with Gasteiger partial charge in [0.2, 0.25) is 0 Å². The maximum Gasteiger partial charge on any atom is 0.257 e. The van der Waals surface area contributed by atoms with E-state index in [1.807, 2.05) is 35.2 Å². The van der Waals surface area contributed by atoms with Crippen LogP contribution in [0.1, 0.15) is 36.2 Å². The first-order chi connectivity index (χ1) is 12.5. The van der Waals surface area contributed by atoms with Gasteiger partial charge in [0.05, 0.1) is 6.61 Å². The van der Waals surface area contributed by atoms with Crippen LogP contribution >= 0.6 is 12.2 Å². The van der Waals surface area contributed by atoms with Crippen molar-refractivity contribution in [2.45, 2.75) is 26.7 Å². The van der Waals surface area contributed by atoms with E-state index in [0.29, 0.717) is 23.2 Å². The van der Waals surface area contributed by atoms with Crippen LogP contribution < -0.4 is 15.0 Å². The number of para-hydroxylation sites is 1. The summed E-state index contributed by atoms with van der Waals surface area (Å²) in [4.78, 5) is 14.5. The van der Waals surface area contributed by atoms with E-state index < -0.39 is 0 Å². The van der Waals surface area contributed by atoms with E-state index in [-0.39, 0.29) is 5.91 Å². The molecule has 1 aliphatic rings. The molecule has 0 spiro atoms. The minimum Gasteiger partial charge on any atom is -0.493 e. The van der Waals surface area contributed by atoms with Crippen molar-refractivity contribution in [1.82, 2.24) is 5.32 Å². The zero-order valence-corrected chi connectivity index (χ0v) is 16.0. The highest BCUT2D eigenvalue weighted by molar-refractivity contribution is 7.80. The molecule has 0 fully saturated rings. The molecule has 0 radical (unpaired) electrons. The minimum absolute atomic E-state index is 0.200. The first kappa shape index (κ1) is 18.4. The van der Waals surface area contributed by atoms with Crippen molar-refractivity contribution < 1.29 is 9.53 Å². The zero-order valence-electron chi connectivity index (χ0n) is 15.2. The second kappa shape index (κ2) is 8.32. The van der Waals surface area contributed by atoms with E-state index in [4.69, 9.17) is 17.0 Å². The predicted octanol–water partition coefficient (Wildman–Crippen LogP) is 4.19. The molecule has 2 aromatic carbocycles. The Balaban J connectivity index is 1.64. The molecule has 3 rings (SSSR count). The Morgan fingerprint density at radius 3 is 2.65 bits per heavy atom. The number of amides is 1. The first-order valence-electron chi connectivity index (χ1n) is 8.98. The van der Waals surface area contributed by atoms with Crippen molar-refractivity contribution in [2.75, 3.05) is 18.1 Å². The van der Waals surface area contributed by atoms with Crippen molar-refractivity contribution in [3.63, 3.8) is 0 Å². The number of fused-ring (bicyclic) bond motifs is 1. The van der Waals surface area contributed by atoms with E-state index in [0.717, 1.165) is 30.8 Å². The van der Waals surface area contributed by atoms with Crippen LogP contribution in [0.25, 0.3) is 0 Å². The standard InChI is InChI=1S/C21H24N2O2S/c1-15(2)14-25-18-11-9-17(10-12-18)20(24)22-21(26)23-13-5-7-16-6-3-4-8-19(16)23/h3-4,6,8-12,15H,5,7,13-14H2,1-2H3,(H,22,24,26). The molecule has 0 aromatic heterocycles. The van der Waals surface area contributed by atoms with E-state index in [2.05, 4.69) is 25.2 Å². The van der Waals surface area contributed by atoms with Crippen LogP contribution in [0.2, 0.25) is 0 Å². The van der Waals surface area contributed by atoms with Gasteiger partial charge in [0.1, 0.15) is 5.75 Å². The van der Waals surface area contributed by atoms with Gasteiger partial charge in [-0.2, -0.15) is 0 Å². The lowest BCUT2D eigenvalue weighted by Crippen LogP contribution is -2.45. The van der Waals surface area contributed by atoms with Gasteiger partial charge in [0, 0.05) is 17.8 Å². The summed E-state index contributed by atoms with van der Waals surface area (Å²) >= 11 is 5.49. The van der Waals surface area contributed by atoms with Crippen LogP contribution in [0.3, 0.4) is 0 Å². The number of hydrogen-bond donors (Lipinski definition) is 1. The summed E-state index contributed by atoms with van der Waals surface area (Å²) in [5.74, 6) is 1.03. The molecular formula is C21H24N2O2S. The van der Waals surface area contributed by atoms with Gasteiger partial charge in [-0.25, -0.2) is 0 Å². The lowest BCUT2D eigenvalue weighted by molar-refractivity contribution is 0.0977. The largest absolute Gasteiger partial charge is 0.493 e. The fraction of sp³-hybridized carbons (Fsp3) is 0.333. The van der Waals surface area contributed by atoms with E-state index >= 15 is 0 Å². The number of anilines is 1. The summed E-state index contributed by atoms with van der Waals surface area (Å²) in [5, 5.41) is 3.30. The number of aryl methyl sites for hydroxylation is 1. The van der Waals surface area contributed by atoms with E-state index in [9.17, 15) is 4.79 Å². The molecule has 1 N–H and O–H groups in total. The van der Waals surface area contributed by atoms with Crippen LogP contribution in [0.5, 0.6) is 5.75 Å². The van der Waals surface area contributed by atoms with Gasteiger partial charge in [0.15, 0.2) is 5.11 Å². The normalized spacial score (nSPS) is 13.3. The smallest absolute Gasteiger partial charge is 0.257 e. The molecule has 2 aromatic rings. The summed E-state index contributed by atoms with van der Waals surface area (Å²) in [6, 6.07) is 15.3. The Kier molecular flexibility index (Phi) is 5.89. The number of ether oxygens (including phenoxy) is 1. The van der Waals surface area contributed by atoms with Gasteiger partial charge in [-0.05, 0) is 66.9 Å². The van der Waals surface area contributed by atoms with Gasteiger partial charge in [-0.15, -0.1) is 0 Å². The Morgan fingerprint density at radius 1 is 1.19 bits per heavy atom. The molecule has 0 saturated carbocycles. The molecule has 0 aliphatic carbocycles. The molecule has 0 unspecified atom stereocenters. The highest BCUT2D eigenvalue weighted by Gasteiger charge is 2.21. The zero-order chi connectivity index (χ0) is 18.5. The van der Waals surface area contributed by atoms with Crippen LogP contribution in [-0.4, -0.2) is 24.2 Å². The van der Waals surface area contributed by atoms with Gasteiger partial charge in [-0.3, -0.25) is 10.1 Å². The second-order valence-corrected chi connectivity index (χ2v) is 7.26. The topological polar surface area (TPSA) is 41.6 Å². The number of carbonyl (C=O) groups is 1. The molecule has 136 valence electrons. The molecule has 4 nitrogen and oxygen atoms in total. The van der Waals surface area contributed by atoms with Crippen molar-refractivity contribution in [3.8, 4) is 5.75 Å². The molecule has 0 saturated heterocycles. The van der Waals surface area contributed by atoms with Gasteiger partial charge < -0.3 is 9.64 Å². The van der Waals surface area contributed by atoms with Crippen LogP contribution in [0.15, 0.2) is 48.5 Å². The minimum atomic E-state index is -0.200. The summed E-state index contributed by atoms with van der Waals surface area (Å²) < 4.78 is 5.65. The molecule has 5 heteroatoms. The summed E-state index contributed by atoms with van der Waals surface area (Å²) in [5.41, 5.74) is 2.91. The van der Waals surface area contributed by atoms with Crippen LogP contribution in [0.4, 0.5) is 5.69 Å². The molecule has 1 heterocycles. The molecule has 1 aliphatic heterocycles. The van der Waals surface area contributed by atoms with Crippen molar-refractivity contribution >= 4 is 28.9 Å². The summed E-state index contributed by atoms with van der Waals surface area (Å²) in [6.07, 6.45) is 2.07. The van der Waals surface area contributed by atoms with E-state index in [1.54, 1.807) is 12.1 Å². The average Bonchev–Trinajstić information content (AvgIpc) is 2.66. The SMILES string of the molecule is CC(C)COc1ccc(C(=O)NC(=S)N2CCCc3ccccc32)cc1. The Labute approximate surface area is 160 Å². The Hall–Kier alpha value is -2.40. The third kappa shape index (κ3) is 4.41. The summed E-state index contributed by atoms with van der Waals surface area (Å²) in [6.45, 7) is 5.67. The lowest BCUT2D eigenvalue weighted by Gasteiger charge is -2.31. The summed E-state index contributed by atoms with van der Waals surface area (Å²) in [7, 11) is 0. The van der Waals surface area contributed by atoms with Crippen molar-refractivity contribution in [3.05, 3.63) is 59.7 Å². The molecule has 0 bridgehead atoms. The highest BCUT2D eigenvalue weighted by atomic mass is 32.1. The van der Waals surface area contributed by atoms with Crippen LogP contribution in [0, 0.1) is 5.92 Å². The van der Waals surface area contributed by atoms with Crippen LogP contribution in [-0.2, 0) is 6.42 Å². The van der Waals surface area contributed by atoms with Gasteiger partial charge >= 0.3 is 0 Å².